The molecule has 4 rings (SSSR count). The Kier molecular flexibility index (Phi) is 7.19. The summed E-state index contributed by atoms with van der Waals surface area (Å²) in [6, 6.07) is 8.64. The van der Waals surface area contributed by atoms with Crippen LogP contribution in [0.3, 0.4) is 0 Å². The molecule has 0 radical (unpaired) electrons. The van der Waals surface area contributed by atoms with Crippen LogP contribution in [0.4, 0.5) is 14.5 Å². The van der Waals surface area contributed by atoms with Gasteiger partial charge >= 0.3 is 0 Å². The van der Waals surface area contributed by atoms with Crippen molar-refractivity contribution in [1.29, 1.82) is 0 Å². The molecule has 10 heteroatoms. The third-order valence-corrected chi connectivity index (χ3v) is 6.79. The molecule has 176 valence electrons. The number of aliphatic hydroxyl groups is 1. The number of anilines is 1. The first-order valence-corrected chi connectivity index (χ1v) is 11.4. The summed E-state index contributed by atoms with van der Waals surface area (Å²) in [6.07, 6.45) is 3.21. The Balaban J connectivity index is 1.48. The van der Waals surface area contributed by atoms with E-state index < -0.39 is 23.3 Å². The molecule has 3 aromatic rings. The molecule has 1 fully saturated rings. The summed E-state index contributed by atoms with van der Waals surface area (Å²) >= 11 is 12.2. The highest BCUT2D eigenvalue weighted by Gasteiger charge is 2.41. The van der Waals surface area contributed by atoms with E-state index in [1.807, 2.05) is 12.1 Å². The molecule has 2 heterocycles. The number of piperidine rings is 1. The van der Waals surface area contributed by atoms with Crippen LogP contribution in [-0.4, -0.2) is 45.2 Å². The van der Waals surface area contributed by atoms with Crippen LogP contribution in [0.5, 0.6) is 0 Å². The zero-order chi connectivity index (χ0) is 23.6. The number of benzene rings is 2. The largest absolute Gasteiger partial charge is 0.380 e. The lowest BCUT2D eigenvalue weighted by Crippen LogP contribution is -2.47. The van der Waals surface area contributed by atoms with E-state index in [1.165, 1.54) is 23.4 Å². The van der Waals surface area contributed by atoms with Crippen LogP contribution < -0.4 is 4.90 Å². The van der Waals surface area contributed by atoms with E-state index in [4.69, 9.17) is 27.9 Å². The van der Waals surface area contributed by atoms with E-state index in [0.717, 1.165) is 30.9 Å². The molecular formula is C23H24Cl2F2N4O2. The van der Waals surface area contributed by atoms with Crippen molar-refractivity contribution in [2.75, 3.05) is 18.0 Å². The number of hydrogen-bond acceptors (Lipinski definition) is 5. The molecule has 1 N–H and O–H groups in total. The van der Waals surface area contributed by atoms with Crippen molar-refractivity contribution >= 4 is 28.9 Å². The zero-order valence-corrected chi connectivity index (χ0v) is 19.5. The van der Waals surface area contributed by atoms with E-state index in [2.05, 4.69) is 15.0 Å². The number of halogens is 4. The topological polar surface area (TPSA) is 63.4 Å². The smallest absolute Gasteiger partial charge is 0.138 e. The molecule has 1 aliphatic heterocycles. The first-order chi connectivity index (χ1) is 15.8. The van der Waals surface area contributed by atoms with Crippen molar-refractivity contribution in [3.8, 4) is 0 Å². The molecule has 1 aliphatic rings. The van der Waals surface area contributed by atoms with E-state index in [9.17, 15) is 13.9 Å². The summed E-state index contributed by atoms with van der Waals surface area (Å²) < 4.78 is 35.8. The van der Waals surface area contributed by atoms with Crippen LogP contribution in [0, 0.1) is 11.6 Å². The van der Waals surface area contributed by atoms with Crippen molar-refractivity contribution in [3.05, 3.63) is 76.3 Å². The Bertz CT molecular complexity index is 1090. The highest BCUT2D eigenvalue weighted by atomic mass is 35.5. The minimum absolute atomic E-state index is 0.0554. The van der Waals surface area contributed by atoms with Gasteiger partial charge in [-0.05, 0) is 44.0 Å². The first kappa shape index (κ1) is 23.9. The lowest BCUT2D eigenvalue weighted by Gasteiger charge is -2.39. The lowest BCUT2D eigenvalue weighted by atomic mass is 9.87. The fraction of sp³-hybridized carbons (Fsp3) is 0.391. The van der Waals surface area contributed by atoms with E-state index in [0.29, 0.717) is 22.9 Å². The maximum absolute atomic E-state index is 14.7. The van der Waals surface area contributed by atoms with E-state index >= 15 is 0 Å². The lowest BCUT2D eigenvalue weighted by molar-refractivity contribution is -0.145. The van der Waals surface area contributed by atoms with Crippen molar-refractivity contribution < 1.29 is 18.6 Å². The maximum Gasteiger partial charge on any atom is 0.138 e. The molecule has 0 spiro atoms. The number of rotatable bonds is 7. The third kappa shape index (κ3) is 5.30. The monoisotopic (exact) mass is 496 g/mol. The highest BCUT2D eigenvalue weighted by molar-refractivity contribution is 6.42. The minimum Gasteiger partial charge on any atom is -0.380 e. The van der Waals surface area contributed by atoms with Crippen LogP contribution in [0.25, 0.3) is 0 Å². The zero-order valence-electron chi connectivity index (χ0n) is 18.0. The van der Waals surface area contributed by atoms with Gasteiger partial charge in [-0.2, -0.15) is 5.10 Å². The second-order valence-electron chi connectivity index (χ2n) is 8.20. The second-order valence-corrected chi connectivity index (χ2v) is 9.02. The third-order valence-electron chi connectivity index (χ3n) is 6.05. The van der Waals surface area contributed by atoms with Gasteiger partial charge in [-0.3, -0.25) is 0 Å². The van der Waals surface area contributed by atoms with Gasteiger partial charge in [-0.1, -0.05) is 29.3 Å². The molecule has 33 heavy (non-hydrogen) atoms. The molecule has 6 nitrogen and oxygen atoms in total. The average Bonchev–Trinajstić information content (AvgIpc) is 3.29. The number of aromatic nitrogens is 3. The van der Waals surface area contributed by atoms with Gasteiger partial charge in [-0.25, -0.2) is 18.4 Å². The van der Waals surface area contributed by atoms with Crippen LogP contribution in [-0.2, 0) is 16.9 Å². The van der Waals surface area contributed by atoms with Gasteiger partial charge in [0.1, 0.15) is 29.9 Å². The van der Waals surface area contributed by atoms with Crippen LogP contribution in [0.1, 0.15) is 25.3 Å². The van der Waals surface area contributed by atoms with Crippen molar-refractivity contribution in [2.24, 2.45) is 0 Å². The molecule has 0 aliphatic carbocycles. The number of ether oxygens (including phenoxy) is 1. The van der Waals surface area contributed by atoms with Crippen molar-refractivity contribution in [1.82, 2.24) is 14.8 Å². The Hall–Kier alpha value is -2.26. The highest BCUT2D eigenvalue weighted by Crippen LogP contribution is 2.34. The number of hydrogen-bond donors (Lipinski definition) is 1. The molecule has 0 saturated carbocycles. The van der Waals surface area contributed by atoms with Crippen molar-refractivity contribution in [2.45, 2.75) is 44.1 Å². The van der Waals surface area contributed by atoms with Gasteiger partial charge in [0.05, 0.1) is 28.8 Å². The minimum atomic E-state index is -1.79. The Morgan fingerprint density at radius 2 is 1.91 bits per heavy atom. The van der Waals surface area contributed by atoms with Crippen LogP contribution >= 0.6 is 23.2 Å². The molecule has 0 amide bonds. The van der Waals surface area contributed by atoms with Gasteiger partial charge in [-0.15, -0.1) is 0 Å². The summed E-state index contributed by atoms with van der Waals surface area (Å²) in [4.78, 5) is 6.07. The van der Waals surface area contributed by atoms with E-state index in [-0.39, 0.29) is 18.2 Å². The van der Waals surface area contributed by atoms with Crippen LogP contribution in [0.15, 0.2) is 49.1 Å². The predicted octanol–water partition coefficient (Wildman–Crippen LogP) is 4.83. The quantitative estimate of drug-likeness (QED) is 0.507. The normalized spacial score (nSPS) is 17.7. The Labute approximate surface area is 200 Å². The summed E-state index contributed by atoms with van der Waals surface area (Å²) in [5, 5.41) is 16.6. The standard InChI is InChI=1S/C23H24Cl2F2N4O2/c1-15(33-18-6-8-30(9-7-18)17-3-5-20(24)21(25)11-17)23(32,12-31-14-28-13-29-31)19-4-2-16(26)10-22(19)27/h2-5,10-11,13-15,18,32H,6-9,12H2,1H3/t15-,23-/m1/s1. The van der Waals surface area contributed by atoms with Crippen molar-refractivity contribution in [3.63, 3.8) is 0 Å². The molecule has 1 saturated heterocycles. The molecule has 2 atom stereocenters. The van der Waals surface area contributed by atoms with Gasteiger partial charge in [0, 0.05) is 30.4 Å². The van der Waals surface area contributed by atoms with Gasteiger partial charge in [0.2, 0.25) is 0 Å². The summed E-state index contributed by atoms with van der Waals surface area (Å²) in [6.45, 7) is 3.04. The fourth-order valence-electron chi connectivity index (χ4n) is 4.17. The maximum atomic E-state index is 14.7. The van der Waals surface area contributed by atoms with E-state index in [1.54, 1.807) is 13.0 Å². The molecular weight excluding hydrogens is 473 g/mol. The van der Waals surface area contributed by atoms with Gasteiger partial charge in [0.15, 0.2) is 0 Å². The molecule has 1 aromatic heterocycles. The fourth-order valence-corrected chi connectivity index (χ4v) is 4.46. The van der Waals surface area contributed by atoms with Gasteiger partial charge in [0.25, 0.3) is 0 Å². The SMILES string of the molecule is C[C@@H](OC1CCN(c2ccc(Cl)c(Cl)c2)CC1)[C@](O)(Cn1cncn1)c1ccc(F)cc1F. The van der Waals surface area contributed by atoms with Gasteiger partial charge < -0.3 is 14.7 Å². The molecule has 0 unspecified atom stereocenters. The predicted molar refractivity (Wildman–Crippen MR) is 123 cm³/mol. The summed E-state index contributed by atoms with van der Waals surface area (Å²) in [5.74, 6) is -1.56. The number of nitrogens with zero attached hydrogens (tertiary/aromatic N) is 4. The second kappa shape index (κ2) is 9.93. The Morgan fingerprint density at radius 3 is 2.55 bits per heavy atom. The first-order valence-electron chi connectivity index (χ1n) is 10.6. The van der Waals surface area contributed by atoms with Crippen LogP contribution in [0.2, 0.25) is 10.0 Å². The summed E-state index contributed by atoms with van der Waals surface area (Å²) in [5.41, 5.74) is -0.862. The summed E-state index contributed by atoms with van der Waals surface area (Å²) in [7, 11) is 0. The molecule has 2 aromatic carbocycles. The Morgan fingerprint density at radius 1 is 1.15 bits per heavy atom. The molecule has 0 bridgehead atoms. The average molecular weight is 497 g/mol.